The Hall–Kier alpha value is -3.16. The number of allylic oxidation sites excluding steroid dienone is 1. The fourth-order valence-electron chi connectivity index (χ4n) is 6.89. The molecular weight excluding hydrogens is 509 g/mol. The standard InChI is InChI=1S/C33H34N4O2.Mg/c1-8-19-15(4)23-11-24-16(5)20(9-2)31(36-24)29-18(7)33(39)30-17(6)25(37-32(29)30)12-27-21(10-3)22(14-38)28(35-27)13-26(19)34-23;/h8,11-14,16,18,20,31H,1,9-10H2,2-7H3,(H,38,39);/q-4;+2/b24-11+,28-13-;/t16-,18+,20-,31?;/m0./s1. The van der Waals surface area contributed by atoms with Gasteiger partial charge in [0.05, 0.1) is 6.26 Å². The van der Waals surface area contributed by atoms with Crippen molar-refractivity contribution in [2.75, 3.05) is 0 Å². The van der Waals surface area contributed by atoms with Gasteiger partial charge < -0.3 is 25.4 Å². The van der Waals surface area contributed by atoms with E-state index >= 15 is 0 Å². The number of carbonyl (C=O) groups excluding carboxylic acids is 1. The molecule has 1 aliphatic carbocycles. The molecule has 0 saturated carbocycles. The van der Waals surface area contributed by atoms with Gasteiger partial charge in [0, 0.05) is 11.5 Å². The number of hydrogen-bond donors (Lipinski definition) is 1. The van der Waals surface area contributed by atoms with E-state index in [1.165, 1.54) is 0 Å². The van der Waals surface area contributed by atoms with Gasteiger partial charge in [0.15, 0.2) is 5.78 Å². The van der Waals surface area contributed by atoms with E-state index in [1.54, 1.807) is 0 Å². The first kappa shape index (κ1) is 28.4. The van der Waals surface area contributed by atoms with Crippen molar-refractivity contribution < 1.29 is 9.90 Å². The maximum atomic E-state index is 13.6. The fourth-order valence-corrected chi connectivity index (χ4v) is 6.89. The summed E-state index contributed by atoms with van der Waals surface area (Å²) in [6.45, 7) is 16.6. The number of aliphatic hydroxyl groups excluding tert-OH is 1. The van der Waals surface area contributed by atoms with Gasteiger partial charge in [-0.2, -0.15) is 5.70 Å². The Morgan fingerprint density at radius 3 is 2.35 bits per heavy atom. The third kappa shape index (κ3) is 3.92. The van der Waals surface area contributed by atoms with Gasteiger partial charge in [0.25, 0.3) is 0 Å². The Labute approximate surface area is 250 Å². The maximum absolute atomic E-state index is 13.6. The molecule has 0 aromatic carbocycles. The van der Waals surface area contributed by atoms with Crippen molar-refractivity contribution in [1.29, 1.82) is 0 Å². The van der Waals surface area contributed by atoms with E-state index in [9.17, 15) is 9.90 Å². The van der Waals surface area contributed by atoms with Crippen molar-refractivity contribution in [3.8, 4) is 0 Å². The van der Waals surface area contributed by atoms with Crippen molar-refractivity contribution in [2.45, 2.75) is 60.4 Å². The van der Waals surface area contributed by atoms with Gasteiger partial charge in [-0.25, -0.2) is 0 Å². The molecule has 3 aliphatic rings. The van der Waals surface area contributed by atoms with Crippen LogP contribution < -0.4 is 36.2 Å². The Morgan fingerprint density at radius 2 is 1.70 bits per heavy atom. The molecule has 4 atom stereocenters. The Bertz CT molecular complexity index is 1830. The number of aliphatic hydroxyl groups is 1. The number of hydrogen-bond acceptors (Lipinski definition) is 2. The molecule has 1 fully saturated rings. The zero-order valence-electron chi connectivity index (χ0n) is 24.2. The molecule has 6 nitrogen and oxygen atoms in total. The number of nitrogens with zero attached hydrogens (tertiary/aromatic N) is 4. The summed E-state index contributed by atoms with van der Waals surface area (Å²) in [6.07, 6.45) is 10.6. The molecule has 3 aromatic rings. The minimum atomic E-state index is -0.249. The van der Waals surface area contributed by atoms with Gasteiger partial charge in [-0.1, -0.05) is 93.3 Å². The summed E-state index contributed by atoms with van der Waals surface area (Å²) in [5, 5.41) is 18.4. The summed E-state index contributed by atoms with van der Waals surface area (Å²) in [6, 6.07) is -0.0999. The first-order chi connectivity index (χ1) is 18.7. The molecule has 40 heavy (non-hydrogen) atoms. The van der Waals surface area contributed by atoms with Crippen molar-refractivity contribution in [3.63, 3.8) is 0 Å². The Kier molecular flexibility index (Phi) is 7.34. The van der Waals surface area contributed by atoms with Gasteiger partial charge in [-0.15, -0.1) is 33.1 Å². The summed E-state index contributed by atoms with van der Waals surface area (Å²) in [5.41, 5.74) is 8.93. The van der Waals surface area contributed by atoms with Crippen molar-refractivity contribution >= 4 is 65.0 Å². The monoisotopic (exact) mass is 542 g/mol. The molecular formula is C33H34MgN4O2-2. The molecule has 1 N–H and O–H groups in total. The van der Waals surface area contributed by atoms with Gasteiger partial charge in [-0.3, -0.25) is 4.79 Å². The summed E-state index contributed by atoms with van der Waals surface area (Å²) >= 11 is 0. The minimum Gasteiger partial charge on any atom is -0.681 e. The molecule has 7 heteroatoms. The molecule has 0 radical (unpaired) electrons. The second kappa shape index (κ2) is 10.3. The molecule has 1 unspecified atom stereocenters. The van der Waals surface area contributed by atoms with E-state index in [0.717, 1.165) is 79.6 Å². The summed E-state index contributed by atoms with van der Waals surface area (Å²) < 4.78 is 0. The topological polar surface area (TPSA) is 93.7 Å². The number of aromatic nitrogens is 3. The molecule has 202 valence electrons. The Morgan fingerprint density at radius 1 is 0.975 bits per heavy atom. The van der Waals surface area contributed by atoms with Crippen LogP contribution in [0.15, 0.2) is 12.3 Å². The number of carbonyl (C=O) groups is 1. The zero-order chi connectivity index (χ0) is 27.7. The normalized spacial score (nSPS) is 26.4. The smallest absolute Gasteiger partial charge is 0.681 e. The van der Waals surface area contributed by atoms with Crippen LogP contribution in [0.1, 0.15) is 83.8 Å². The number of Topliss-reactive ketones (excluding diaryl/α,β-unsaturated/α-hetero) is 1. The Balaban J connectivity index is 0.00000323. The molecule has 8 bridgehead atoms. The van der Waals surface area contributed by atoms with Crippen molar-refractivity contribution in [2.24, 2.45) is 17.8 Å². The summed E-state index contributed by atoms with van der Waals surface area (Å²) in [7, 11) is 0. The van der Waals surface area contributed by atoms with Crippen molar-refractivity contribution in [1.82, 2.24) is 15.0 Å². The van der Waals surface area contributed by atoms with Gasteiger partial charge in [-0.05, 0) is 42.9 Å². The van der Waals surface area contributed by atoms with E-state index in [-0.39, 0.29) is 52.6 Å². The average molecular weight is 543 g/mol. The molecule has 1 saturated heterocycles. The fraction of sp³-hybridized carbons (Fsp3) is 0.364. The molecule has 3 aromatic heterocycles. The molecule has 5 heterocycles. The first-order valence-electron chi connectivity index (χ1n) is 13.9. The zero-order valence-corrected chi connectivity index (χ0v) is 25.6. The van der Waals surface area contributed by atoms with Gasteiger partial charge >= 0.3 is 23.1 Å². The summed E-state index contributed by atoms with van der Waals surface area (Å²) in [5.74, 6) is 0.371. The van der Waals surface area contributed by atoms with Gasteiger partial charge in [0.2, 0.25) is 0 Å². The SMILES string of the molecule is C=Cc1c2[n-]c(c1C)/C=C1/[N-]C(C3=c4[n-]/c(c(C)c4C(=O)[C@@H]3C)=C\c3[n-]c(/c(=C\O)c3CC)=C\2)[C@@H](CC)[C@@H]1C.[Mg+2]. The van der Waals surface area contributed by atoms with E-state index in [2.05, 4.69) is 33.4 Å². The van der Waals surface area contributed by atoms with E-state index in [4.69, 9.17) is 20.3 Å². The second-order valence-corrected chi connectivity index (χ2v) is 11.1. The first-order valence-corrected chi connectivity index (χ1v) is 13.9. The van der Waals surface area contributed by atoms with E-state index < -0.39 is 0 Å². The third-order valence-electron chi connectivity index (χ3n) is 9.17. The van der Waals surface area contributed by atoms with Crippen LogP contribution in [-0.4, -0.2) is 40.0 Å². The van der Waals surface area contributed by atoms with Crippen LogP contribution in [0.25, 0.3) is 41.5 Å². The number of rotatable bonds is 3. The van der Waals surface area contributed by atoms with Crippen LogP contribution in [0.4, 0.5) is 0 Å². The predicted octanol–water partition coefficient (Wildman–Crippen LogP) is 2.71. The maximum Gasteiger partial charge on any atom is 2.00 e. The molecule has 0 spiro atoms. The van der Waals surface area contributed by atoms with Crippen molar-refractivity contribution in [3.05, 3.63) is 83.8 Å². The minimum absolute atomic E-state index is 0. The predicted molar refractivity (Wildman–Crippen MR) is 162 cm³/mol. The van der Waals surface area contributed by atoms with Gasteiger partial charge in [0.1, 0.15) is 0 Å². The second-order valence-electron chi connectivity index (χ2n) is 11.1. The van der Waals surface area contributed by atoms with Crippen LogP contribution >= 0.6 is 0 Å². The summed E-state index contributed by atoms with van der Waals surface area (Å²) in [4.78, 5) is 28.6. The average Bonchev–Trinajstić information content (AvgIpc) is 3.65. The van der Waals surface area contributed by atoms with E-state index in [0.29, 0.717) is 17.0 Å². The molecule has 6 rings (SSSR count). The number of fused-ring (bicyclic) bond motifs is 8. The van der Waals surface area contributed by atoms with E-state index in [1.807, 2.05) is 39.0 Å². The third-order valence-corrected chi connectivity index (χ3v) is 9.17. The molecule has 2 aliphatic heterocycles. The van der Waals surface area contributed by atoms with Crippen LogP contribution in [0, 0.1) is 31.6 Å². The number of ketones is 1. The largest absolute Gasteiger partial charge is 2.00 e. The van der Waals surface area contributed by atoms with Crippen LogP contribution in [-0.2, 0) is 6.42 Å². The molecule has 0 amide bonds. The van der Waals surface area contributed by atoms with Crippen LogP contribution in [0.5, 0.6) is 0 Å². The van der Waals surface area contributed by atoms with Crippen LogP contribution in [0.3, 0.4) is 0 Å². The quantitative estimate of drug-likeness (QED) is 0.514. The van der Waals surface area contributed by atoms with Crippen LogP contribution in [0.2, 0.25) is 0 Å².